The molecule has 1 aliphatic heterocycles. The fraction of sp³-hybridized carbons (Fsp3) is 0.438. The van der Waals surface area contributed by atoms with Crippen molar-refractivity contribution in [3.63, 3.8) is 0 Å². The monoisotopic (exact) mass is 285 g/mol. The van der Waals surface area contributed by atoms with Crippen LogP contribution >= 0.6 is 0 Å². The lowest BCUT2D eigenvalue weighted by Gasteiger charge is -2.29. The van der Waals surface area contributed by atoms with Crippen molar-refractivity contribution in [3.8, 4) is 6.07 Å². The molecule has 0 radical (unpaired) electrons. The van der Waals surface area contributed by atoms with Crippen LogP contribution in [0.4, 0.5) is 5.69 Å². The quantitative estimate of drug-likeness (QED) is 0.814. The van der Waals surface area contributed by atoms with Gasteiger partial charge in [0.25, 0.3) is 0 Å². The molecule has 0 spiro atoms. The van der Waals surface area contributed by atoms with Gasteiger partial charge in [-0.3, -0.25) is 9.59 Å². The van der Waals surface area contributed by atoms with Crippen molar-refractivity contribution >= 4 is 17.5 Å². The number of carbonyl (C=O) groups excluding carboxylic acids is 2. The van der Waals surface area contributed by atoms with Crippen LogP contribution in [0.15, 0.2) is 24.3 Å². The first-order valence-corrected chi connectivity index (χ1v) is 6.92. The van der Waals surface area contributed by atoms with E-state index in [1.165, 1.54) is 0 Å². The van der Waals surface area contributed by atoms with Gasteiger partial charge in [0.15, 0.2) is 0 Å². The largest absolute Gasteiger partial charge is 0.355 e. The van der Waals surface area contributed by atoms with Gasteiger partial charge in [0, 0.05) is 12.5 Å². The number of nitrogens with zero attached hydrogens (tertiary/aromatic N) is 1. The van der Waals surface area contributed by atoms with Gasteiger partial charge < -0.3 is 10.6 Å². The van der Waals surface area contributed by atoms with Crippen LogP contribution in [0.3, 0.4) is 0 Å². The van der Waals surface area contributed by atoms with E-state index in [2.05, 4.69) is 10.6 Å². The van der Waals surface area contributed by atoms with Crippen molar-refractivity contribution in [1.29, 1.82) is 5.26 Å². The van der Waals surface area contributed by atoms with Crippen molar-refractivity contribution < 1.29 is 9.59 Å². The molecular formula is C16H19N3O2. The average molecular weight is 285 g/mol. The van der Waals surface area contributed by atoms with Crippen LogP contribution in [0.1, 0.15) is 26.3 Å². The van der Waals surface area contributed by atoms with Gasteiger partial charge in [-0.2, -0.15) is 5.26 Å². The molecule has 5 heteroatoms. The topological polar surface area (TPSA) is 82.0 Å². The molecule has 110 valence electrons. The summed E-state index contributed by atoms with van der Waals surface area (Å²) in [6.07, 6.45) is 0. The lowest BCUT2D eigenvalue weighted by molar-refractivity contribution is -0.132. The molecule has 0 aliphatic carbocycles. The maximum absolute atomic E-state index is 12.5. The summed E-state index contributed by atoms with van der Waals surface area (Å²) < 4.78 is 0. The van der Waals surface area contributed by atoms with Crippen molar-refractivity contribution in [2.24, 2.45) is 17.3 Å². The highest BCUT2D eigenvalue weighted by molar-refractivity contribution is 6.08. The minimum atomic E-state index is -0.725. The Kier molecular flexibility index (Phi) is 3.99. The molecule has 1 heterocycles. The molecule has 1 fully saturated rings. The predicted octanol–water partition coefficient (Wildman–Crippen LogP) is 1.91. The Bertz CT molecular complexity index is 611. The SMILES string of the molecule is CC(C)(C)[C@H]1CNC(=O)[C@H]1C(=O)Nc1ccccc1C#N. The van der Waals surface area contributed by atoms with Gasteiger partial charge in [0.1, 0.15) is 12.0 Å². The van der Waals surface area contributed by atoms with E-state index >= 15 is 0 Å². The van der Waals surface area contributed by atoms with Crippen LogP contribution in [-0.2, 0) is 9.59 Å². The zero-order chi connectivity index (χ0) is 15.6. The Labute approximate surface area is 124 Å². The number of carbonyl (C=O) groups is 2. The van der Waals surface area contributed by atoms with Gasteiger partial charge in [-0.25, -0.2) is 0 Å². The van der Waals surface area contributed by atoms with E-state index in [-0.39, 0.29) is 23.1 Å². The molecule has 1 aromatic rings. The fourth-order valence-corrected chi connectivity index (χ4v) is 2.63. The third-order valence-electron chi connectivity index (χ3n) is 3.88. The molecule has 1 saturated heterocycles. The number of para-hydroxylation sites is 1. The second-order valence-electron chi connectivity index (χ2n) is 6.34. The summed E-state index contributed by atoms with van der Waals surface area (Å²) >= 11 is 0. The lowest BCUT2D eigenvalue weighted by atomic mass is 9.74. The van der Waals surface area contributed by atoms with Gasteiger partial charge in [0.2, 0.25) is 11.8 Å². The normalized spacial score (nSPS) is 21.5. The van der Waals surface area contributed by atoms with Crippen molar-refractivity contribution in [3.05, 3.63) is 29.8 Å². The molecule has 5 nitrogen and oxygen atoms in total. The summed E-state index contributed by atoms with van der Waals surface area (Å²) in [6, 6.07) is 8.79. The first-order valence-electron chi connectivity index (χ1n) is 6.92. The maximum atomic E-state index is 12.5. The molecule has 0 aromatic heterocycles. The molecule has 2 atom stereocenters. The van der Waals surface area contributed by atoms with E-state index in [1.54, 1.807) is 24.3 Å². The average Bonchev–Trinajstić information content (AvgIpc) is 2.81. The van der Waals surface area contributed by atoms with Crippen molar-refractivity contribution in [1.82, 2.24) is 5.32 Å². The Morgan fingerprint density at radius 1 is 1.38 bits per heavy atom. The molecule has 0 bridgehead atoms. The summed E-state index contributed by atoms with van der Waals surface area (Å²) in [4.78, 5) is 24.4. The molecule has 0 unspecified atom stereocenters. The Balaban J connectivity index is 2.23. The van der Waals surface area contributed by atoms with E-state index in [0.717, 1.165) is 0 Å². The van der Waals surface area contributed by atoms with E-state index < -0.39 is 5.92 Å². The van der Waals surface area contributed by atoms with Gasteiger partial charge >= 0.3 is 0 Å². The van der Waals surface area contributed by atoms with Crippen LogP contribution in [0.2, 0.25) is 0 Å². The van der Waals surface area contributed by atoms with Gasteiger partial charge in [0.05, 0.1) is 11.3 Å². The number of amides is 2. The molecule has 21 heavy (non-hydrogen) atoms. The molecule has 2 rings (SSSR count). The summed E-state index contributed by atoms with van der Waals surface area (Å²) in [5, 5.41) is 14.5. The maximum Gasteiger partial charge on any atom is 0.237 e. The first kappa shape index (κ1) is 15.0. The molecule has 2 amide bonds. The molecule has 2 N–H and O–H groups in total. The minimum absolute atomic E-state index is 0.0701. The third-order valence-corrected chi connectivity index (χ3v) is 3.88. The molecule has 0 saturated carbocycles. The number of rotatable bonds is 2. The second-order valence-corrected chi connectivity index (χ2v) is 6.34. The first-order chi connectivity index (χ1) is 9.84. The predicted molar refractivity (Wildman–Crippen MR) is 79.2 cm³/mol. The standard InChI is InChI=1S/C16H19N3O2/c1-16(2,3)11-9-18-14(20)13(11)15(21)19-12-7-5-4-6-10(12)8-17/h4-7,11,13H,9H2,1-3H3,(H,18,20)(H,19,21)/t11-,13-/m0/s1. The zero-order valence-electron chi connectivity index (χ0n) is 12.4. The number of hydrogen-bond donors (Lipinski definition) is 2. The van der Waals surface area contributed by atoms with Gasteiger partial charge in [-0.1, -0.05) is 32.9 Å². The third kappa shape index (κ3) is 3.05. The highest BCUT2D eigenvalue weighted by Crippen LogP contribution is 2.35. The van der Waals surface area contributed by atoms with Crippen LogP contribution in [0.25, 0.3) is 0 Å². The van der Waals surface area contributed by atoms with Crippen LogP contribution in [-0.4, -0.2) is 18.4 Å². The zero-order valence-corrected chi connectivity index (χ0v) is 12.4. The minimum Gasteiger partial charge on any atom is -0.355 e. The Morgan fingerprint density at radius 2 is 2.05 bits per heavy atom. The van der Waals surface area contributed by atoms with E-state index in [4.69, 9.17) is 5.26 Å². The fourth-order valence-electron chi connectivity index (χ4n) is 2.63. The Hall–Kier alpha value is -2.35. The highest BCUT2D eigenvalue weighted by Gasteiger charge is 2.45. The van der Waals surface area contributed by atoms with E-state index in [0.29, 0.717) is 17.8 Å². The Morgan fingerprint density at radius 3 is 2.67 bits per heavy atom. The number of nitriles is 1. The van der Waals surface area contributed by atoms with Crippen LogP contribution in [0.5, 0.6) is 0 Å². The number of anilines is 1. The number of nitrogens with one attached hydrogen (secondary N) is 2. The smallest absolute Gasteiger partial charge is 0.237 e. The summed E-state index contributed by atoms with van der Waals surface area (Å²) in [5.41, 5.74) is 0.671. The number of hydrogen-bond acceptors (Lipinski definition) is 3. The summed E-state index contributed by atoms with van der Waals surface area (Å²) in [7, 11) is 0. The summed E-state index contributed by atoms with van der Waals surface area (Å²) in [6.45, 7) is 6.55. The summed E-state index contributed by atoms with van der Waals surface area (Å²) in [5.74, 6) is -1.40. The number of benzene rings is 1. The second kappa shape index (κ2) is 5.57. The van der Waals surface area contributed by atoms with E-state index in [1.807, 2.05) is 26.8 Å². The van der Waals surface area contributed by atoms with Crippen LogP contribution < -0.4 is 10.6 Å². The molecular weight excluding hydrogens is 266 g/mol. The molecule has 1 aliphatic rings. The lowest BCUT2D eigenvalue weighted by Crippen LogP contribution is -2.37. The van der Waals surface area contributed by atoms with Gasteiger partial charge in [-0.15, -0.1) is 0 Å². The van der Waals surface area contributed by atoms with E-state index in [9.17, 15) is 9.59 Å². The molecule has 1 aromatic carbocycles. The van der Waals surface area contributed by atoms with Crippen molar-refractivity contribution in [2.75, 3.05) is 11.9 Å². The van der Waals surface area contributed by atoms with Crippen LogP contribution in [0, 0.1) is 28.6 Å². The highest BCUT2D eigenvalue weighted by atomic mass is 16.2. The van der Waals surface area contributed by atoms with Crippen molar-refractivity contribution in [2.45, 2.75) is 20.8 Å². The van der Waals surface area contributed by atoms with Gasteiger partial charge in [-0.05, 0) is 17.5 Å².